The molecule has 5 heteroatoms. The number of aromatic nitrogens is 1. The van der Waals surface area contributed by atoms with Crippen molar-refractivity contribution in [3.05, 3.63) is 35.0 Å². The Morgan fingerprint density at radius 3 is 2.67 bits per heavy atom. The molecule has 0 spiro atoms. The summed E-state index contributed by atoms with van der Waals surface area (Å²) in [6.07, 6.45) is 7.22. The highest BCUT2D eigenvalue weighted by atomic mass is 35.5. The molecule has 2 aliphatic heterocycles. The number of nitrogens with zero attached hydrogens (tertiary/aromatic N) is 2. The first-order valence-electron chi connectivity index (χ1n) is 10.1. The van der Waals surface area contributed by atoms with Gasteiger partial charge in [-0.2, -0.15) is 0 Å². The Hall–Kier alpha value is -1.52. The maximum Gasteiger partial charge on any atom is 0.223 e. The van der Waals surface area contributed by atoms with E-state index < -0.39 is 5.60 Å². The summed E-state index contributed by atoms with van der Waals surface area (Å²) in [5.74, 6) is 0.955. The predicted octanol–water partition coefficient (Wildman–Crippen LogP) is 4.23. The van der Waals surface area contributed by atoms with Crippen molar-refractivity contribution in [2.24, 2.45) is 13.0 Å². The summed E-state index contributed by atoms with van der Waals surface area (Å²) in [5.41, 5.74) is 1.74. The van der Waals surface area contributed by atoms with E-state index in [9.17, 15) is 9.90 Å². The SMILES string of the molecule is CC(CC(=O)N1C2CC3CC1CC(O)(C3)C2)c1cn(C)c2cccc(Cl)c12. The molecule has 27 heavy (non-hydrogen) atoms. The smallest absolute Gasteiger partial charge is 0.223 e. The topological polar surface area (TPSA) is 45.5 Å². The van der Waals surface area contributed by atoms with Gasteiger partial charge in [0.25, 0.3) is 0 Å². The Morgan fingerprint density at radius 1 is 1.30 bits per heavy atom. The monoisotopic (exact) mass is 386 g/mol. The van der Waals surface area contributed by atoms with Crippen molar-refractivity contribution in [1.29, 1.82) is 0 Å². The summed E-state index contributed by atoms with van der Waals surface area (Å²) in [4.78, 5) is 15.4. The standard InChI is InChI=1S/C22H27ClN2O2/c1-13(17-12-24(2)19-5-3-4-18(23)21(17)19)6-20(26)25-15-7-14-8-16(25)11-22(27,9-14)10-15/h3-5,12-16,27H,6-11H2,1-2H3. The Kier molecular flexibility index (Phi) is 3.90. The van der Waals surface area contributed by atoms with Gasteiger partial charge in [-0.3, -0.25) is 4.79 Å². The van der Waals surface area contributed by atoms with Crippen molar-refractivity contribution in [1.82, 2.24) is 9.47 Å². The van der Waals surface area contributed by atoms with Crippen LogP contribution in [-0.4, -0.2) is 38.2 Å². The molecule has 4 fully saturated rings. The molecule has 3 heterocycles. The minimum atomic E-state index is -0.512. The zero-order chi connectivity index (χ0) is 18.9. The van der Waals surface area contributed by atoms with Gasteiger partial charge in [0.05, 0.1) is 10.6 Å². The Labute approximate surface area is 165 Å². The molecule has 1 N–H and O–H groups in total. The second-order valence-electron chi connectivity index (χ2n) is 9.22. The van der Waals surface area contributed by atoms with Gasteiger partial charge < -0.3 is 14.6 Å². The van der Waals surface area contributed by atoms with Crippen molar-refractivity contribution < 1.29 is 9.90 Å². The quantitative estimate of drug-likeness (QED) is 0.857. The van der Waals surface area contributed by atoms with Crippen LogP contribution in [0.1, 0.15) is 56.9 Å². The highest BCUT2D eigenvalue weighted by Crippen LogP contribution is 2.51. The van der Waals surface area contributed by atoms with Crippen LogP contribution >= 0.6 is 11.6 Å². The van der Waals surface area contributed by atoms with Gasteiger partial charge in [-0.25, -0.2) is 0 Å². The van der Waals surface area contributed by atoms with Crippen LogP contribution in [0.2, 0.25) is 5.02 Å². The number of hydrogen-bond acceptors (Lipinski definition) is 2. The first-order chi connectivity index (χ1) is 12.8. The molecule has 1 aromatic heterocycles. The van der Waals surface area contributed by atoms with Crippen LogP contribution in [0.25, 0.3) is 10.9 Å². The predicted molar refractivity (Wildman–Crippen MR) is 107 cm³/mol. The number of aliphatic hydroxyl groups is 1. The van der Waals surface area contributed by atoms with E-state index in [0.717, 1.165) is 53.6 Å². The molecule has 3 atom stereocenters. The van der Waals surface area contributed by atoms with Crippen LogP contribution in [0.4, 0.5) is 0 Å². The number of hydrogen-bond donors (Lipinski definition) is 1. The van der Waals surface area contributed by atoms with Gasteiger partial charge >= 0.3 is 0 Å². The average Bonchev–Trinajstić information content (AvgIpc) is 2.91. The molecule has 4 nitrogen and oxygen atoms in total. The van der Waals surface area contributed by atoms with E-state index in [1.165, 1.54) is 0 Å². The first kappa shape index (κ1) is 17.6. The second kappa shape index (κ2) is 5.99. The molecule has 2 saturated carbocycles. The van der Waals surface area contributed by atoms with Crippen LogP contribution in [0, 0.1) is 5.92 Å². The van der Waals surface area contributed by atoms with E-state index in [4.69, 9.17) is 11.6 Å². The van der Waals surface area contributed by atoms with Crippen molar-refractivity contribution in [2.75, 3.05) is 0 Å². The number of aryl methyl sites for hydroxylation is 1. The first-order valence-corrected chi connectivity index (χ1v) is 10.5. The lowest BCUT2D eigenvalue weighted by molar-refractivity contribution is -0.174. The summed E-state index contributed by atoms with van der Waals surface area (Å²) in [6, 6.07) is 6.43. The molecule has 6 rings (SSSR count). The van der Waals surface area contributed by atoms with Crippen LogP contribution in [0.15, 0.2) is 24.4 Å². The van der Waals surface area contributed by atoms with Gasteiger partial charge in [0.15, 0.2) is 0 Å². The van der Waals surface area contributed by atoms with Gasteiger partial charge in [0, 0.05) is 42.7 Å². The molecule has 1 amide bonds. The zero-order valence-corrected chi connectivity index (χ0v) is 16.7. The number of halogens is 1. The summed E-state index contributed by atoms with van der Waals surface area (Å²) in [6.45, 7) is 2.13. The zero-order valence-electron chi connectivity index (χ0n) is 16.0. The molecule has 4 bridgehead atoms. The highest BCUT2D eigenvalue weighted by molar-refractivity contribution is 6.35. The number of piperidine rings is 2. The molecule has 2 aliphatic carbocycles. The molecule has 1 aromatic carbocycles. The Bertz CT molecular complexity index is 904. The normalized spacial score (nSPS) is 33.0. The molecule has 2 aromatic rings. The third kappa shape index (κ3) is 2.72. The lowest BCUT2D eigenvalue weighted by Gasteiger charge is -2.59. The summed E-state index contributed by atoms with van der Waals surface area (Å²) in [5, 5.41) is 12.6. The van der Waals surface area contributed by atoms with Crippen LogP contribution in [0.5, 0.6) is 0 Å². The van der Waals surface area contributed by atoms with Gasteiger partial charge in [0.2, 0.25) is 5.91 Å². The number of carbonyl (C=O) groups is 1. The second-order valence-corrected chi connectivity index (χ2v) is 9.62. The molecule has 0 radical (unpaired) electrons. The highest BCUT2D eigenvalue weighted by Gasteiger charge is 2.54. The summed E-state index contributed by atoms with van der Waals surface area (Å²) >= 11 is 6.48. The molecule has 2 saturated heterocycles. The van der Waals surface area contributed by atoms with E-state index in [1.54, 1.807) is 0 Å². The van der Waals surface area contributed by atoms with Crippen LogP contribution in [-0.2, 0) is 11.8 Å². The lowest BCUT2D eigenvalue weighted by Crippen LogP contribution is -2.65. The van der Waals surface area contributed by atoms with E-state index in [1.807, 2.05) is 19.2 Å². The van der Waals surface area contributed by atoms with Gasteiger partial charge in [0.1, 0.15) is 0 Å². The lowest BCUT2D eigenvalue weighted by atomic mass is 9.61. The van der Waals surface area contributed by atoms with E-state index >= 15 is 0 Å². The molecule has 3 unspecified atom stereocenters. The summed E-state index contributed by atoms with van der Waals surface area (Å²) < 4.78 is 2.09. The molecular formula is C22H27ClN2O2. The largest absolute Gasteiger partial charge is 0.390 e. The fourth-order valence-electron chi connectivity index (χ4n) is 6.28. The Balaban J connectivity index is 1.39. The third-order valence-electron chi connectivity index (χ3n) is 7.19. The van der Waals surface area contributed by atoms with Crippen LogP contribution in [0.3, 0.4) is 0 Å². The molecule has 4 aliphatic rings. The fourth-order valence-corrected chi connectivity index (χ4v) is 6.56. The fraction of sp³-hybridized carbons (Fsp3) is 0.591. The maximum atomic E-state index is 13.3. The third-order valence-corrected chi connectivity index (χ3v) is 7.51. The molecule has 144 valence electrons. The van der Waals surface area contributed by atoms with Gasteiger partial charge in [-0.1, -0.05) is 24.6 Å². The van der Waals surface area contributed by atoms with Gasteiger partial charge in [-0.05, 0) is 61.6 Å². The number of rotatable bonds is 3. The van der Waals surface area contributed by atoms with Crippen molar-refractivity contribution >= 4 is 28.4 Å². The number of benzene rings is 1. The van der Waals surface area contributed by atoms with Crippen molar-refractivity contribution in [2.45, 2.75) is 69.1 Å². The number of carbonyl (C=O) groups excluding carboxylic acids is 1. The summed E-state index contributed by atoms with van der Waals surface area (Å²) in [7, 11) is 2.03. The Morgan fingerprint density at radius 2 is 2.00 bits per heavy atom. The minimum Gasteiger partial charge on any atom is -0.390 e. The minimum absolute atomic E-state index is 0.112. The molecular weight excluding hydrogens is 360 g/mol. The average molecular weight is 387 g/mol. The maximum absolute atomic E-state index is 13.3. The van der Waals surface area contributed by atoms with E-state index in [2.05, 4.69) is 28.7 Å². The van der Waals surface area contributed by atoms with Crippen molar-refractivity contribution in [3.63, 3.8) is 0 Å². The number of amides is 1. The van der Waals surface area contributed by atoms with Crippen LogP contribution < -0.4 is 0 Å². The number of fused-ring (bicyclic) bond motifs is 1. The van der Waals surface area contributed by atoms with E-state index in [0.29, 0.717) is 12.3 Å². The van der Waals surface area contributed by atoms with Crippen molar-refractivity contribution in [3.8, 4) is 0 Å². The van der Waals surface area contributed by atoms with E-state index in [-0.39, 0.29) is 23.9 Å². The van der Waals surface area contributed by atoms with Gasteiger partial charge in [-0.15, -0.1) is 0 Å².